The number of rotatable bonds is 3. The Morgan fingerprint density at radius 3 is 2.28 bits per heavy atom. The number of benzene rings is 2. The van der Waals surface area contributed by atoms with Crippen molar-refractivity contribution in [2.24, 2.45) is 0 Å². The molecule has 2 atom stereocenters. The summed E-state index contributed by atoms with van der Waals surface area (Å²) in [6.45, 7) is 2.21. The quantitative estimate of drug-likeness (QED) is 0.756. The summed E-state index contributed by atoms with van der Waals surface area (Å²) in [5, 5.41) is 0. The van der Waals surface area contributed by atoms with Crippen LogP contribution < -0.4 is 0 Å². The maximum Gasteiger partial charge on any atom is 0.109 e. The highest BCUT2D eigenvalue weighted by atomic mass is 16.5. The fraction of sp³-hybridized carbons (Fsp3) is 0.294. The summed E-state index contributed by atoms with van der Waals surface area (Å²) in [7, 11) is 0. The van der Waals surface area contributed by atoms with Gasteiger partial charge >= 0.3 is 0 Å². The van der Waals surface area contributed by atoms with Crippen molar-refractivity contribution in [3.8, 4) is 0 Å². The second kappa shape index (κ2) is 4.95. The zero-order valence-electron chi connectivity index (χ0n) is 10.7. The van der Waals surface area contributed by atoms with Crippen LogP contribution in [0.4, 0.5) is 0 Å². The fourth-order valence-corrected chi connectivity index (χ4v) is 2.73. The Bertz CT molecular complexity index is 518. The average Bonchev–Trinajstić information content (AvgIpc) is 2.80. The first-order chi connectivity index (χ1) is 8.90. The van der Waals surface area contributed by atoms with E-state index in [2.05, 4.69) is 55.5 Å². The van der Waals surface area contributed by atoms with Gasteiger partial charge in [-0.3, -0.25) is 0 Å². The predicted octanol–water partition coefficient (Wildman–Crippen LogP) is 4.65. The van der Waals surface area contributed by atoms with Gasteiger partial charge in [0.05, 0.1) is 6.10 Å². The minimum atomic E-state index is 0.110. The molecule has 0 N–H and O–H groups in total. The number of hydrogen-bond acceptors (Lipinski definition) is 1. The van der Waals surface area contributed by atoms with E-state index >= 15 is 0 Å². The van der Waals surface area contributed by atoms with Crippen LogP contribution in [-0.2, 0) is 4.74 Å². The molecule has 0 aromatic heterocycles. The molecule has 0 saturated carbocycles. The largest absolute Gasteiger partial charge is 0.361 e. The van der Waals surface area contributed by atoms with Gasteiger partial charge in [-0.15, -0.1) is 0 Å². The summed E-state index contributed by atoms with van der Waals surface area (Å²) in [4.78, 5) is 0. The molecule has 3 rings (SSSR count). The van der Waals surface area contributed by atoms with Gasteiger partial charge in [-0.05, 0) is 23.1 Å². The van der Waals surface area contributed by atoms with Crippen molar-refractivity contribution in [1.82, 2.24) is 0 Å². The molecule has 18 heavy (non-hydrogen) atoms. The molecule has 0 radical (unpaired) electrons. The highest BCUT2D eigenvalue weighted by Gasteiger charge is 2.31. The number of ether oxygens (including phenoxy) is 1. The van der Waals surface area contributed by atoms with Crippen molar-refractivity contribution in [3.63, 3.8) is 0 Å². The molecule has 1 aliphatic heterocycles. The normalized spacial score (nSPS) is 21.8. The van der Waals surface area contributed by atoms with Gasteiger partial charge in [-0.25, -0.2) is 0 Å². The number of fused-ring (bicyclic) bond motifs is 1. The van der Waals surface area contributed by atoms with E-state index in [0.29, 0.717) is 0 Å². The van der Waals surface area contributed by atoms with Crippen LogP contribution in [-0.4, -0.2) is 0 Å². The van der Waals surface area contributed by atoms with Crippen LogP contribution in [0.25, 0.3) is 0 Å². The van der Waals surface area contributed by atoms with Gasteiger partial charge < -0.3 is 4.74 Å². The molecule has 0 aliphatic carbocycles. The van der Waals surface area contributed by atoms with E-state index in [1.165, 1.54) is 16.7 Å². The van der Waals surface area contributed by atoms with E-state index in [0.717, 1.165) is 12.8 Å². The van der Waals surface area contributed by atoms with Crippen LogP contribution in [0.2, 0.25) is 0 Å². The van der Waals surface area contributed by atoms with Crippen molar-refractivity contribution < 1.29 is 4.74 Å². The minimum absolute atomic E-state index is 0.110. The number of hydrogen-bond donors (Lipinski definition) is 0. The van der Waals surface area contributed by atoms with Gasteiger partial charge in [0.2, 0.25) is 0 Å². The van der Waals surface area contributed by atoms with Gasteiger partial charge in [0.25, 0.3) is 0 Å². The summed E-state index contributed by atoms with van der Waals surface area (Å²) in [5.74, 6) is 0. The van der Waals surface area contributed by atoms with E-state index < -0.39 is 0 Å². The van der Waals surface area contributed by atoms with Crippen molar-refractivity contribution in [1.29, 1.82) is 0 Å². The van der Waals surface area contributed by atoms with E-state index in [9.17, 15) is 0 Å². The molecule has 0 saturated heterocycles. The fourth-order valence-electron chi connectivity index (χ4n) is 2.73. The van der Waals surface area contributed by atoms with Crippen molar-refractivity contribution in [3.05, 3.63) is 71.3 Å². The van der Waals surface area contributed by atoms with Gasteiger partial charge in [0, 0.05) is 0 Å². The van der Waals surface area contributed by atoms with Crippen molar-refractivity contribution in [2.75, 3.05) is 0 Å². The Labute approximate surface area is 108 Å². The SMILES string of the molecule is CCCC1OC(c2ccccc2)c2ccccc21. The van der Waals surface area contributed by atoms with Gasteiger partial charge in [0.15, 0.2) is 0 Å². The van der Waals surface area contributed by atoms with Gasteiger partial charge in [-0.2, -0.15) is 0 Å². The van der Waals surface area contributed by atoms with Crippen LogP contribution in [0.3, 0.4) is 0 Å². The monoisotopic (exact) mass is 238 g/mol. The molecular weight excluding hydrogens is 220 g/mol. The molecule has 0 amide bonds. The Morgan fingerprint density at radius 1 is 0.889 bits per heavy atom. The summed E-state index contributed by atoms with van der Waals surface area (Å²) >= 11 is 0. The zero-order chi connectivity index (χ0) is 12.4. The van der Waals surface area contributed by atoms with E-state index in [1.807, 2.05) is 6.07 Å². The molecule has 1 nitrogen and oxygen atoms in total. The Balaban J connectivity index is 1.99. The molecular formula is C17H18O. The van der Waals surface area contributed by atoms with Gasteiger partial charge in [0.1, 0.15) is 6.10 Å². The molecule has 1 aliphatic rings. The highest BCUT2D eigenvalue weighted by Crippen LogP contribution is 2.44. The maximum absolute atomic E-state index is 6.26. The highest BCUT2D eigenvalue weighted by molar-refractivity contribution is 5.40. The van der Waals surface area contributed by atoms with Crippen LogP contribution in [0.1, 0.15) is 48.7 Å². The van der Waals surface area contributed by atoms with E-state index in [4.69, 9.17) is 4.74 Å². The topological polar surface area (TPSA) is 9.23 Å². The maximum atomic E-state index is 6.26. The molecule has 92 valence electrons. The van der Waals surface area contributed by atoms with Crippen LogP contribution in [0.15, 0.2) is 54.6 Å². The lowest BCUT2D eigenvalue weighted by atomic mass is 9.96. The van der Waals surface area contributed by atoms with Crippen LogP contribution in [0.5, 0.6) is 0 Å². The second-order valence-corrected chi connectivity index (χ2v) is 4.83. The molecule has 0 bridgehead atoms. The Kier molecular flexibility index (Phi) is 3.16. The third-order valence-electron chi connectivity index (χ3n) is 3.58. The summed E-state index contributed by atoms with van der Waals surface area (Å²) < 4.78 is 6.26. The second-order valence-electron chi connectivity index (χ2n) is 4.83. The molecule has 0 fully saturated rings. The Hall–Kier alpha value is -1.60. The third-order valence-corrected chi connectivity index (χ3v) is 3.58. The third kappa shape index (κ3) is 1.95. The molecule has 1 heteroatoms. The lowest BCUT2D eigenvalue weighted by molar-refractivity contribution is 0.0281. The summed E-state index contributed by atoms with van der Waals surface area (Å²) in [6, 6.07) is 19.1. The standard InChI is InChI=1S/C17H18O/c1-2-8-16-14-11-6-7-12-15(14)17(18-16)13-9-4-3-5-10-13/h3-7,9-12,16-17H,2,8H2,1H3. The predicted molar refractivity (Wildman–Crippen MR) is 73.5 cm³/mol. The summed E-state index contributed by atoms with van der Waals surface area (Å²) in [6.07, 6.45) is 2.62. The molecule has 2 unspecified atom stereocenters. The first kappa shape index (κ1) is 11.5. The molecule has 2 aromatic rings. The van der Waals surface area contributed by atoms with E-state index in [1.54, 1.807) is 0 Å². The minimum Gasteiger partial charge on any atom is -0.361 e. The zero-order valence-corrected chi connectivity index (χ0v) is 10.7. The van der Waals surface area contributed by atoms with Gasteiger partial charge in [-0.1, -0.05) is 67.9 Å². The molecule has 0 spiro atoms. The first-order valence-electron chi connectivity index (χ1n) is 6.69. The molecule has 2 aromatic carbocycles. The van der Waals surface area contributed by atoms with Crippen molar-refractivity contribution in [2.45, 2.75) is 32.0 Å². The Morgan fingerprint density at radius 2 is 1.56 bits per heavy atom. The van der Waals surface area contributed by atoms with E-state index in [-0.39, 0.29) is 12.2 Å². The molecule has 1 heterocycles. The average molecular weight is 238 g/mol. The smallest absolute Gasteiger partial charge is 0.109 e. The van der Waals surface area contributed by atoms with Crippen LogP contribution >= 0.6 is 0 Å². The van der Waals surface area contributed by atoms with Crippen LogP contribution in [0, 0.1) is 0 Å². The lowest BCUT2D eigenvalue weighted by Gasteiger charge is -2.14. The summed E-state index contributed by atoms with van der Waals surface area (Å²) in [5.41, 5.74) is 3.96. The van der Waals surface area contributed by atoms with Crippen molar-refractivity contribution >= 4 is 0 Å². The lowest BCUT2D eigenvalue weighted by Crippen LogP contribution is -2.00. The first-order valence-corrected chi connectivity index (χ1v) is 6.69.